The fourth-order valence-corrected chi connectivity index (χ4v) is 1.64. The quantitative estimate of drug-likeness (QED) is 0.765. The van der Waals surface area contributed by atoms with Crippen molar-refractivity contribution in [3.05, 3.63) is 24.3 Å². The minimum absolute atomic E-state index is 0.122. The predicted molar refractivity (Wildman–Crippen MR) is 79.9 cm³/mol. The van der Waals surface area contributed by atoms with Crippen LogP contribution in [0, 0.1) is 0 Å². The van der Waals surface area contributed by atoms with Crippen LogP contribution in [0.15, 0.2) is 24.3 Å². The second-order valence-corrected chi connectivity index (χ2v) is 4.71. The average Bonchev–Trinajstić information content (AvgIpc) is 2.44. The molecular formula is C15H24N2O3. The largest absolute Gasteiger partial charge is 0.491 e. The number of hydrogen-bond acceptors (Lipinski definition) is 4. The number of carbonyl (C=O) groups is 1. The molecular weight excluding hydrogens is 256 g/mol. The van der Waals surface area contributed by atoms with Crippen LogP contribution in [0.2, 0.25) is 0 Å². The molecule has 1 amide bonds. The highest BCUT2D eigenvalue weighted by Crippen LogP contribution is 2.19. The van der Waals surface area contributed by atoms with Crippen LogP contribution in [0.5, 0.6) is 5.75 Å². The van der Waals surface area contributed by atoms with Crippen LogP contribution in [0.3, 0.4) is 0 Å². The van der Waals surface area contributed by atoms with Gasteiger partial charge in [0.2, 0.25) is 5.91 Å². The lowest BCUT2D eigenvalue weighted by atomic mass is 10.2. The zero-order valence-electron chi connectivity index (χ0n) is 12.4. The minimum atomic E-state index is -0.255. The number of anilines is 1. The number of hydrogen-bond donors (Lipinski definition) is 2. The third-order valence-corrected chi connectivity index (χ3v) is 3.04. The van der Waals surface area contributed by atoms with E-state index in [0.717, 1.165) is 12.2 Å². The van der Waals surface area contributed by atoms with Crippen molar-refractivity contribution in [1.29, 1.82) is 0 Å². The number of benzene rings is 1. The molecule has 0 bridgehead atoms. The van der Waals surface area contributed by atoms with Gasteiger partial charge in [0, 0.05) is 25.4 Å². The van der Waals surface area contributed by atoms with E-state index in [4.69, 9.17) is 15.2 Å². The van der Waals surface area contributed by atoms with Crippen molar-refractivity contribution in [3.63, 3.8) is 0 Å². The summed E-state index contributed by atoms with van der Waals surface area (Å²) in [6.45, 7) is 4.39. The van der Waals surface area contributed by atoms with Gasteiger partial charge < -0.3 is 20.5 Å². The number of methoxy groups -OCH3 is 1. The first-order chi connectivity index (χ1) is 9.58. The Balaban J connectivity index is 2.59. The van der Waals surface area contributed by atoms with Crippen LogP contribution in [-0.4, -0.2) is 31.8 Å². The molecule has 2 unspecified atom stereocenters. The summed E-state index contributed by atoms with van der Waals surface area (Å²) in [6, 6.07) is 7.36. The Morgan fingerprint density at radius 1 is 1.45 bits per heavy atom. The summed E-state index contributed by atoms with van der Waals surface area (Å²) in [7, 11) is 1.55. The highest BCUT2D eigenvalue weighted by atomic mass is 16.5. The van der Waals surface area contributed by atoms with Crippen molar-refractivity contribution < 1.29 is 14.3 Å². The molecule has 1 aromatic rings. The summed E-state index contributed by atoms with van der Waals surface area (Å²) in [5, 5.41) is 2.82. The fourth-order valence-electron chi connectivity index (χ4n) is 1.64. The summed E-state index contributed by atoms with van der Waals surface area (Å²) in [5.74, 6) is 0.627. The molecule has 0 saturated carbocycles. The lowest BCUT2D eigenvalue weighted by molar-refractivity contribution is -0.118. The van der Waals surface area contributed by atoms with Crippen molar-refractivity contribution in [1.82, 2.24) is 0 Å². The Morgan fingerprint density at radius 3 is 2.80 bits per heavy atom. The third-order valence-electron chi connectivity index (χ3n) is 3.04. The maximum absolute atomic E-state index is 11.8. The zero-order valence-corrected chi connectivity index (χ0v) is 12.4. The van der Waals surface area contributed by atoms with Gasteiger partial charge >= 0.3 is 0 Å². The molecule has 2 atom stereocenters. The van der Waals surface area contributed by atoms with Crippen LogP contribution >= 0.6 is 0 Å². The molecule has 0 aliphatic heterocycles. The molecule has 20 heavy (non-hydrogen) atoms. The van der Waals surface area contributed by atoms with Crippen LogP contribution in [0.4, 0.5) is 5.69 Å². The van der Waals surface area contributed by atoms with Crippen LogP contribution in [0.1, 0.15) is 26.7 Å². The van der Waals surface area contributed by atoms with Gasteiger partial charge in [-0.2, -0.15) is 0 Å². The average molecular weight is 280 g/mol. The van der Waals surface area contributed by atoms with Crippen molar-refractivity contribution >= 4 is 11.6 Å². The molecule has 3 N–H and O–H groups in total. The zero-order chi connectivity index (χ0) is 15.0. The second-order valence-electron chi connectivity index (χ2n) is 4.71. The molecule has 112 valence electrons. The predicted octanol–water partition coefficient (Wildman–Crippen LogP) is 2.17. The molecule has 0 radical (unpaired) electrons. The van der Waals surface area contributed by atoms with E-state index in [1.807, 2.05) is 31.2 Å². The van der Waals surface area contributed by atoms with Crippen molar-refractivity contribution in [2.45, 2.75) is 38.9 Å². The molecule has 0 fully saturated rings. The number of nitrogens with one attached hydrogen (secondary N) is 1. The van der Waals surface area contributed by atoms with E-state index in [2.05, 4.69) is 12.2 Å². The standard InChI is InChI=1S/C15H24N2O3/c1-4-11(2)20-13-7-5-6-12(8-13)17-15(18)9-14(10-16)19-3/h5-8,11,14H,4,9-10,16H2,1-3H3,(H,17,18). The monoisotopic (exact) mass is 280 g/mol. The van der Waals surface area contributed by atoms with Crippen molar-refractivity contribution in [2.75, 3.05) is 19.0 Å². The molecule has 0 aromatic heterocycles. The summed E-state index contributed by atoms with van der Waals surface area (Å²) in [6.07, 6.45) is 1.07. The molecule has 0 heterocycles. The fraction of sp³-hybridized carbons (Fsp3) is 0.533. The van der Waals surface area contributed by atoms with E-state index in [1.165, 1.54) is 0 Å². The Morgan fingerprint density at radius 2 is 2.20 bits per heavy atom. The number of carbonyl (C=O) groups excluding carboxylic acids is 1. The van der Waals surface area contributed by atoms with Gasteiger partial charge in [0.15, 0.2) is 0 Å². The maximum atomic E-state index is 11.8. The number of amides is 1. The first-order valence-electron chi connectivity index (χ1n) is 6.88. The van der Waals surface area contributed by atoms with Crippen LogP contribution in [-0.2, 0) is 9.53 Å². The van der Waals surface area contributed by atoms with E-state index < -0.39 is 0 Å². The summed E-state index contributed by atoms with van der Waals surface area (Å²) >= 11 is 0. The summed E-state index contributed by atoms with van der Waals surface area (Å²) in [4.78, 5) is 11.8. The molecule has 5 heteroatoms. The summed E-state index contributed by atoms with van der Waals surface area (Å²) < 4.78 is 10.8. The van der Waals surface area contributed by atoms with Crippen LogP contribution < -0.4 is 15.8 Å². The second kappa shape index (κ2) is 8.55. The lowest BCUT2D eigenvalue weighted by Gasteiger charge is -2.15. The number of nitrogens with two attached hydrogens (primary N) is 1. The van der Waals surface area contributed by atoms with E-state index in [1.54, 1.807) is 7.11 Å². The van der Waals surface area contributed by atoms with Gasteiger partial charge in [-0.15, -0.1) is 0 Å². The molecule has 0 aliphatic rings. The smallest absolute Gasteiger partial charge is 0.227 e. The third kappa shape index (κ3) is 5.59. The van der Waals surface area contributed by atoms with Gasteiger partial charge in [-0.3, -0.25) is 4.79 Å². The van der Waals surface area contributed by atoms with Gasteiger partial charge in [-0.25, -0.2) is 0 Å². The van der Waals surface area contributed by atoms with E-state index in [0.29, 0.717) is 12.2 Å². The van der Waals surface area contributed by atoms with Gasteiger partial charge in [0.05, 0.1) is 18.6 Å². The Bertz CT molecular complexity index is 419. The Kier molecular flexibility index (Phi) is 7.04. The number of rotatable bonds is 8. The Hall–Kier alpha value is -1.59. The van der Waals surface area contributed by atoms with Crippen molar-refractivity contribution in [3.8, 4) is 5.75 Å². The van der Waals surface area contributed by atoms with Gasteiger partial charge in [0.25, 0.3) is 0 Å². The highest BCUT2D eigenvalue weighted by molar-refractivity contribution is 5.91. The lowest BCUT2D eigenvalue weighted by Crippen LogP contribution is -2.28. The maximum Gasteiger partial charge on any atom is 0.227 e. The van der Waals surface area contributed by atoms with Crippen LogP contribution in [0.25, 0.3) is 0 Å². The van der Waals surface area contributed by atoms with Gasteiger partial charge in [-0.05, 0) is 25.5 Å². The molecule has 0 spiro atoms. The summed E-state index contributed by atoms with van der Waals surface area (Å²) in [5.41, 5.74) is 6.21. The highest BCUT2D eigenvalue weighted by Gasteiger charge is 2.12. The normalized spacial score (nSPS) is 13.6. The Labute approximate surface area is 120 Å². The molecule has 1 aromatic carbocycles. The first-order valence-corrected chi connectivity index (χ1v) is 6.88. The molecule has 0 saturated heterocycles. The van der Waals surface area contributed by atoms with Gasteiger partial charge in [-0.1, -0.05) is 13.0 Å². The molecule has 5 nitrogen and oxygen atoms in total. The van der Waals surface area contributed by atoms with Crippen molar-refractivity contribution in [2.24, 2.45) is 5.73 Å². The number of ether oxygens (including phenoxy) is 2. The topological polar surface area (TPSA) is 73.6 Å². The first kappa shape index (κ1) is 16.5. The van der Waals surface area contributed by atoms with Gasteiger partial charge in [0.1, 0.15) is 5.75 Å². The SMILES string of the molecule is CCC(C)Oc1cccc(NC(=O)CC(CN)OC)c1. The molecule has 0 aliphatic carbocycles. The van der Waals surface area contributed by atoms with E-state index in [9.17, 15) is 4.79 Å². The van der Waals surface area contributed by atoms with E-state index in [-0.39, 0.29) is 24.5 Å². The molecule has 1 rings (SSSR count). The van der Waals surface area contributed by atoms with E-state index >= 15 is 0 Å². The minimum Gasteiger partial charge on any atom is -0.491 e.